The van der Waals surface area contributed by atoms with E-state index in [9.17, 15) is 4.79 Å². The molecule has 0 spiro atoms. The summed E-state index contributed by atoms with van der Waals surface area (Å²) < 4.78 is 0. The Kier molecular flexibility index (Phi) is 10.9. The van der Waals surface area contributed by atoms with Gasteiger partial charge in [0.2, 0.25) is 0 Å². The highest BCUT2D eigenvalue weighted by molar-refractivity contribution is 5.55. The molecule has 0 saturated carbocycles. The largest absolute Gasteiger partial charge is 0.392 e. The number of carbonyl (C=O) groups is 1. The Balaban J connectivity index is 0.000000251. The van der Waals surface area contributed by atoms with Crippen LogP contribution in [0.2, 0.25) is 0 Å². The Morgan fingerprint density at radius 2 is 2.28 bits per heavy atom. The maximum Gasteiger partial charge on any atom is 0.124 e. The van der Waals surface area contributed by atoms with Crippen molar-refractivity contribution in [3.8, 4) is 0 Å². The van der Waals surface area contributed by atoms with E-state index in [0.29, 0.717) is 6.42 Å². The molecule has 1 aliphatic carbocycles. The summed E-state index contributed by atoms with van der Waals surface area (Å²) in [6, 6.07) is 4.06. The first-order valence-electron chi connectivity index (χ1n) is 8.64. The molecule has 0 saturated heterocycles. The van der Waals surface area contributed by atoms with Gasteiger partial charge >= 0.3 is 0 Å². The third-order valence-corrected chi connectivity index (χ3v) is 3.82. The molecule has 1 aromatic rings. The second kappa shape index (κ2) is 13.1. The quantitative estimate of drug-likeness (QED) is 0.710. The van der Waals surface area contributed by atoms with Crippen molar-refractivity contribution in [2.75, 3.05) is 38.2 Å². The van der Waals surface area contributed by atoms with Crippen molar-refractivity contribution in [3.63, 3.8) is 0 Å². The van der Waals surface area contributed by atoms with E-state index in [-0.39, 0.29) is 6.61 Å². The van der Waals surface area contributed by atoms with Crippen molar-refractivity contribution < 1.29 is 9.90 Å². The van der Waals surface area contributed by atoms with Gasteiger partial charge in [-0.3, -0.25) is 4.98 Å². The standard InChI is InChI=1S/C10H17N3.C10H12O2/c1-3-13(8-7-11-2)10-5-4-6-12-9-10;11-7-6-9-2-1-3-10(8-12)5-4-9/h4-6,9,11H,3,7-8H2,1-2H3;1-3,5,7,12H,4,6,8H2. The molecule has 5 nitrogen and oxygen atoms in total. The van der Waals surface area contributed by atoms with Gasteiger partial charge in [-0.15, -0.1) is 0 Å². The van der Waals surface area contributed by atoms with Gasteiger partial charge in [0.1, 0.15) is 6.29 Å². The van der Waals surface area contributed by atoms with Crippen LogP contribution in [0.5, 0.6) is 0 Å². The van der Waals surface area contributed by atoms with Crippen molar-refractivity contribution in [2.24, 2.45) is 0 Å². The van der Waals surface area contributed by atoms with E-state index >= 15 is 0 Å². The summed E-state index contributed by atoms with van der Waals surface area (Å²) in [7, 11) is 1.97. The minimum Gasteiger partial charge on any atom is -0.392 e. The first-order valence-corrected chi connectivity index (χ1v) is 8.64. The van der Waals surface area contributed by atoms with Crippen LogP contribution in [-0.4, -0.2) is 49.7 Å². The second-order valence-corrected chi connectivity index (χ2v) is 5.59. The summed E-state index contributed by atoms with van der Waals surface area (Å²) in [6.45, 7) is 5.27. The molecule has 0 amide bonds. The van der Waals surface area contributed by atoms with Gasteiger partial charge in [-0.2, -0.15) is 0 Å². The number of allylic oxidation sites excluding steroid dienone is 4. The predicted octanol–water partition coefficient (Wildman–Crippen LogP) is 2.51. The van der Waals surface area contributed by atoms with Gasteiger partial charge in [-0.05, 0) is 38.1 Å². The Morgan fingerprint density at radius 1 is 1.44 bits per heavy atom. The van der Waals surface area contributed by atoms with Crippen LogP contribution in [-0.2, 0) is 4.79 Å². The highest BCUT2D eigenvalue weighted by Gasteiger charge is 2.01. The van der Waals surface area contributed by atoms with Crippen molar-refractivity contribution in [1.29, 1.82) is 0 Å². The van der Waals surface area contributed by atoms with E-state index in [1.807, 2.05) is 43.6 Å². The number of pyridine rings is 1. The van der Waals surface area contributed by atoms with Crippen LogP contribution in [0.15, 0.2) is 60.0 Å². The van der Waals surface area contributed by atoms with Crippen molar-refractivity contribution in [3.05, 3.63) is 60.0 Å². The third kappa shape index (κ3) is 8.42. The molecule has 0 fully saturated rings. The van der Waals surface area contributed by atoms with Crippen molar-refractivity contribution in [2.45, 2.75) is 19.8 Å². The zero-order chi connectivity index (χ0) is 18.3. The summed E-state index contributed by atoms with van der Waals surface area (Å²) in [5.41, 5.74) is 3.19. The molecule has 1 aromatic heterocycles. The second-order valence-electron chi connectivity index (χ2n) is 5.59. The molecule has 0 unspecified atom stereocenters. The molecule has 0 aliphatic heterocycles. The number of nitrogens with one attached hydrogen (secondary N) is 1. The molecule has 0 bridgehead atoms. The van der Waals surface area contributed by atoms with Gasteiger partial charge in [-0.25, -0.2) is 0 Å². The van der Waals surface area contributed by atoms with Crippen LogP contribution in [0, 0.1) is 0 Å². The van der Waals surface area contributed by atoms with Gasteiger partial charge in [-0.1, -0.05) is 29.9 Å². The zero-order valence-electron chi connectivity index (χ0n) is 15.2. The summed E-state index contributed by atoms with van der Waals surface area (Å²) in [5, 5.41) is 12.0. The topological polar surface area (TPSA) is 65.5 Å². The minimum absolute atomic E-state index is 0.0682. The number of anilines is 1. The maximum absolute atomic E-state index is 10.2. The van der Waals surface area contributed by atoms with Gasteiger partial charge in [0.25, 0.3) is 0 Å². The summed E-state index contributed by atoms with van der Waals surface area (Å²) >= 11 is 0. The average molecular weight is 343 g/mol. The van der Waals surface area contributed by atoms with Gasteiger partial charge in [0, 0.05) is 32.3 Å². The predicted molar refractivity (Wildman–Crippen MR) is 104 cm³/mol. The molecular weight excluding hydrogens is 314 g/mol. The van der Waals surface area contributed by atoms with Crippen LogP contribution in [0.1, 0.15) is 19.8 Å². The lowest BCUT2D eigenvalue weighted by Crippen LogP contribution is -2.30. The highest BCUT2D eigenvalue weighted by atomic mass is 16.3. The number of rotatable bonds is 8. The SMILES string of the molecule is CCN(CCNC)c1cccnc1.O=CCC1=CC=CC(CO)=CC1. The lowest BCUT2D eigenvalue weighted by atomic mass is 10.1. The fourth-order valence-electron chi connectivity index (χ4n) is 2.34. The van der Waals surface area contributed by atoms with Crippen LogP contribution in [0.4, 0.5) is 5.69 Å². The summed E-state index contributed by atoms with van der Waals surface area (Å²) in [5.74, 6) is 0. The third-order valence-electron chi connectivity index (χ3n) is 3.82. The average Bonchev–Trinajstić information content (AvgIpc) is 2.89. The van der Waals surface area contributed by atoms with Gasteiger partial charge in [0.05, 0.1) is 18.5 Å². The van der Waals surface area contributed by atoms with Crippen molar-refractivity contribution in [1.82, 2.24) is 10.3 Å². The zero-order valence-corrected chi connectivity index (χ0v) is 15.2. The normalized spacial score (nSPS) is 13.1. The van der Waals surface area contributed by atoms with Crippen LogP contribution in [0.3, 0.4) is 0 Å². The fraction of sp³-hybridized carbons (Fsp3) is 0.400. The minimum atomic E-state index is 0.0682. The van der Waals surface area contributed by atoms with E-state index in [1.165, 1.54) is 5.69 Å². The van der Waals surface area contributed by atoms with Crippen LogP contribution < -0.4 is 10.2 Å². The molecule has 2 N–H and O–H groups in total. The Hall–Kier alpha value is -2.24. The lowest BCUT2D eigenvalue weighted by Gasteiger charge is -2.22. The monoisotopic (exact) mass is 343 g/mol. The maximum atomic E-state index is 10.2. The molecule has 25 heavy (non-hydrogen) atoms. The van der Waals surface area contributed by atoms with Gasteiger partial charge < -0.3 is 20.1 Å². The summed E-state index contributed by atoms with van der Waals surface area (Å²) in [6.07, 6.45) is 13.4. The van der Waals surface area contributed by atoms with E-state index in [2.05, 4.69) is 28.2 Å². The Morgan fingerprint density at radius 3 is 2.88 bits per heavy atom. The smallest absolute Gasteiger partial charge is 0.124 e. The number of aromatic nitrogens is 1. The number of nitrogens with zero attached hydrogens (tertiary/aromatic N) is 2. The first kappa shape index (κ1) is 20.8. The Bertz CT molecular complexity index is 580. The number of aliphatic hydroxyl groups excluding tert-OH is 1. The molecule has 1 heterocycles. The highest BCUT2D eigenvalue weighted by Crippen LogP contribution is 2.13. The van der Waals surface area contributed by atoms with Crippen LogP contribution >= 0.6 is 0 Å². The summed E-state index contributed by atoms with van der Waals surface area (Å²) in [4.78, 5) is 16.6. The van der Waals surface area contributed by atoms with E-state index in [1.54, 1.807) is 6.20 Å². The molecule has 0 atom stereocenters. The van der Waals surface area contributed by atoms with Crippen molar-refractivity contribution >= 4 is 12.0 Å². The Labute approximate surface area is 150 Å². The van der Waals surface area contributed by atoms with Crippen LogP contribution in [0.25, 0.3) is 0 Å². The molecule has 5 heteroatoms. The molecule has 136 valence electrons. The molecule has 2 rings (SSSR count). The van der Waals surface area contributed by atoms with E-state index in [0.717, 1.165) is 43.5 Å². The fourth-order valence-corrected chi connectivity index (χ4v) is 2.34. The molecule has 1 aliphatic rings. The number of likely N-dealkylation sites (N-methyl/N-ethyl adjacent to an activating group) is 2. The molecule has 0 radical (unpaired) electrons. The molecular formula is C20H29N3O2. The number of aliphatic hydroxyl groups is 1. The first-order chi connectivity index (χ1) is 12.2. The number of carbonyl (C=O) groups excluding carboxylic acids is 1. The molecule has 0 aromatic carbocycles. The number of hydrogen-bond donors (Lipinski definition) is 2. The lowest BCUT2D eigenvalue weighted by molar-refractivity contribution is -0.107. The van der Waals surface area contributed by atoms with E-state index in [4.69, 9.17) is 5.11 Å². The van der Waals surface area contributed by atoms with Gasteiger partial charge in [0.15, 0.2) is 0 Å². The van der Waals surface area contributed by atoms with E-state index < -0.39 is 0 Å². The number of aldehydes is 1. The number of hydrogen-bond acceptors (Lipinski definition) is 5.